The fourth-order valence-electron chi connectivity index (χ4n) is 4.43. The van der Waals surface area contributed by atoms with E-state index in [1.807, 2.05) is 17.9 Å². The fourth-order valence-corrected chi connectivity index (χ4v) is 6.65. The second kappa shape index (κ2) is 7.31. The van der Waals surface area contributed by atoms with Crippen molar-refractivity contribution < 1.29 is 14.2 Å². The van der Waals surface area contributed by atoms with Gasteiger partial charge in [0, 0.05) is 18.3 Å². The lowest BCUT2D eigenvalue weighted by molar-refractivity contribution is -0.114. The first kappa shape index (κ1) is 21.3. The number of carbonyl (C=O) groups is 2. The van der Waals surface area contributed by atoms with Crippen LogP contribution in [0.3, 0.4) is 0 Å². The molecule has 2 heterocycles. The van der Waals surface area contributed by atoms with Gasteiger partial charge in [0.05, 0.1) is 22.2 Å². The van der Waals surface area contributed by atoms with Crippen molar-refractivity contribution in [3.05, 3.63) is 29.0 Å². The van der Waals surface area contributed by atoms with Gasteiger partial charge in [-0.05, 0) is 76.1 Å². The van der Waals surface area contributed by atoms with Gasteiger partial charge in [0.25, 0.3) is 5.91 Å². The molecule has 2 amide bonds. The zero-order valence-corrected chi connectivity index (χ0v) is 20.0. The third-order valence-electron chi connectivity index (χ3n) is 6.13. The normalized spacial score (nSPS) is 19.7. The van der Waals surface area contributed by atoms with Gasteiger partial charge in [0.15, 0.2) is 5.13 Å². The first-order valence-electron chi connectivity index (χ1n) is 10.3. The van der Waals surface area contributed by atoms with Gasteiger partial charge in [0.2, 0.25) is 5.91 Å². The van der Waals surface area contributed by atoms with Crippen molar-refractivity contribution in [1.82, 2.24) is 9.88 Å². The van der Waals surface area contributed by atoms with E-state index >= 15 is 0 Å². The monoisotopic (exact) mass is 445 g/mol. The van der Waals surface area contributed by atoms with Gasteiger partial charge in [-0.1, -0.05) is 11.3 Å². The molecule has 1 aliphatic carbocycles. The number of nitrogens with one attached hydrogen (secondary N) is 1. The number of anilines is 1. The third-order valence-corrected chi connectivity index (χ3v) is 8.76. The number of thiazole rings is 1. The number of hydrogen-bond donors (Lipinski definition) is 1. The number of fused-ring (bicyclic) bond motifs is 1. The van der Waals surface area contributed by atoms with E-state index in [1.54, 1.807) is 13.3 Å². The average molecular weight is 446 g/mol. The van der Waals surface area contributed by atoms with E-state index in [4.69, 9.17) is 0 Å². The largest absolute Gasteiger partial charge is 0.329 e. The smallest absolute Gasteiger partial charge is 0.255 e. The summed E-state index contributed by atoms with van der Waals surface area (Å²) in [7, 11) is -2.70. The summed E-state index contributed by atoms with van der Waals surface area (Å²) in [5, 5.41) is 3.93. The summed E-state index contributed by atoms with van der Waals surface area (Å²) in [4.78, 5) is 32.2. The molecule has 2 aliphatic rings. The molecule has 0 saturated heterocycles. The molecule has 1 saturated carbocycles. The summed E-state index contributed by atoms with van der Waals surface area (Å²) in [6, 6.07) is 4.07. The highest BCUT2D eigenvalue weighted by Crippen LogP contribution is 2.47. The number of aryl methyl sites for hydroxylation is 1. The van der Waals surface area contributed by atoms with Crippen molar-refractivity contribution in [2.24, 2.45) is 5.92 Å². The summed E-state index contributed by atoms with van der Waals surface area (Å²) in [6.45, 7) is 11.0. The summed E-state index contributed by atoms with van der Waals surface area (Å²) >= 11 is 1.40. The molecular formula is C22H28N3O3PS. The highest BCUT2D eigenvalue weighted by Gasteiger charge is 2.44. The molecule has 4 rings (SSSR count). The van der Waals surface area contributed by atoms with Crippen molar-refractivity contribution in [3.8, 4) is 10.4 Å². The Bertz CT molecular complexity index is 1100. The van der Waals surface area contributed by atoms with Crippen molar-refractivity contribution in [2.45, 2.75) is 52.6 Å². The van der Waals surface area contributed by atoms with Crippen LogP contribution in [0.15, 0.2) is 12.1 Å². The molecule has 2 aromatic rings. The molecule has 0 radical (unpaired) electrons. The highest BCUT2D eigenvalue weighted by atomic mass is 32.1. The van der Waals surface area contributed by atoms with Crippen molar-refractivity contribution in [3.63, 3.8) is 0 Å². The van der Waals surface area contributed by atoms with E-state index in [1.165, 1.54) is 18.3 Å². The van der Waals surface area contributed by atoms with Crippen LogP contribution in [0.1, 0.15) is 61.3 Å². The molecule has 30 heavy (non-hydrogen) atoms. The molecule has 0 bridgehead atoms. The lowest BCUT2D eigenvalue weighted by atomic mass is 10.0. The van der Waals surface area contributed by atoms with E-state index in [2.05, 4.69) is 30.2 Å². The quantitative estimate of drug-likeness (QED) is 0.680. The molecule has 1 aromatic carbocycles. The summed E-state index contributed by atoms with van der Waals surface area (Å²) in [5.74, 6) is 0.399. The Balaban J connectivity index is 1.86. The zero-order chi connectivity index (χ0) is 22.0. The van der Waals surface area contributed by atoms with Gasteiger partial charge in [-0.25, -0.2) is 4.98 Å². The Hall–Kier alpha value is -1.98. The van der Waals surface area contributed by atoms with Crippen LogP contribution in [0.5, 0.6) is 0 Å². The Kier molecular flexibility index (Phi) is 5.18. The molecule has 8 heteroatoms. The molecule has 1 aliphatic heterocycles. The van der Waals surface area contributed by atoms with Gasteiger partial charge in [0.1, 0.15) is 7.14 Å². The van der Waals surface area contributed by atoms with Crippen molar-refractivity contribution in [2.75, 3.05) is 18.6 Å². The Morgan fingerprint density at radius 1 is 1.33 bits per heavy atom. The van der Waals surface area contributed by atoms with Crippen LogP contribution < -0.4 is 10.6 Å². The topological polar surface area (TPSA) is 79.4 Å². The molecule has 6 nitrogen and oxygen atoms in total. The van der Waals surface area contributed by atoms with Crippen LogP contribution in [0, 0.1) is 12.8 Å². The predicted molar refractivity (Wildman–Crippen MR) is 122 cm³/mol. The molecule has 160 valence electrons. The number of benzene rings is 1. The van der Waals surface area contributed by atoms with Crippen LogP contribution in [-0.2, 0) is 9.36 Å². The minimum atomic E-state index is -2.70. The summed E-state index contributed by atoms with van der Waals surface area (Å²) in [5.41, 5.74) is 3.27. The maximum absolute atomic E-state index is 13.4. The van der Waals surface area contributed by atoms with Gasteiger partial charge in [-0.2, -0.15) is 0 Å². The summed E-state index contributed by atoms with van der Waals surface area (Å²) in [6.07, 6.45) is 2.33. The SMILES string of the molecule is CC(=O)Nc1nc(C)c(-c2cc3c(c(P(C)(C)=O)c2)C(=O)N(C(C)C2CC2)C3C)s1. The van der Waals surface area contributed by atoms with Gasteiger partial charge >= 0.3 is 0 Å². The fraction of sp³-hybridized carbons (Fsp3) is 0.500. The first-order valence-corrected chi connectivity index (χ1v) is 13.7. The number of hydrogen-bond acceptors (Lipinski definition) is 5. The number of amides is 2. The van der Waals surface area contributed by atoms with Crippen LogP contribution in [0.4, 0.5) is 5.13 Å². The van der Waals surface area contributed by atoms with E-state index < -0.39 is 7.14 Å². The zero-order valence-electron chi connectivity index (χ0n) is 18.3. The Morgan fingerprint density at radius 3 is 2.57 bits per heavy atom. The number of rotatable bonds is 5. The lowest BCUT2D eigenvalue weighted by Crippen LogP contribution is -2.37. The second-order valence-corrected chi connectivity index (χ2v) is 13.1. The minimum Gasteiger partial charge on any atom is -0.329 e. The van der Waals surface area contributed by atoms with E-state index in [9.17, 15) is 14.2 Å². The Labute approximate surface area is 181 Å². The van der Waals surface area contributed by atoms with Crippen molar-refractivity contribution in [1.29, 1.82) is 0 Å². The average Bonchev–Trinajstić information content (AvgIpc) is 3.38. The van der Waals surface area contributed by atoms with Crippen LogP contribution in [-0.4, -0.2) is 41.1 Å². The van der Waals surface area contributed by atoms with Crippen LogP contribution in [0.2, 0.25) is 0 Å². The van der Waals surface area contributed by atoms with Gasteiger partial charge < -0.3 is 14.8 Å². The van der Waals surface area contributed by atoms with Crippen LogP contribution in [0.25, 0.3) is 10.4 Å². The number of aromatic nitrogens is 1. The molecular weight excluding hydrogens is 417 g/mol. The summed E-state index contributed by atoms with van der Waals surface area (Å²) < 4.78 is 13.2. The second-order valence-electron chi connectivity index (χ2n) is 8.89. The molecule has 1 aromatic heterocycles. The maximum Gasteiger partial charge on any atom is 0.255 e. The van der Waals surface area contributed by atoms with Crippen LogP contribution >= 0.6 is 18.5 Å². The molecule has 1 fully saturated rings. The Morgan fingerprint density at radius 2 is 2.00 bits per heavy atom. The molecule has 0 spiro atoms. The standard InChI is InChI=1S/C22H28N3O3PS/c1-11-20(30-22(23-11)24-14(4)26)16-9-17-13(3)25(12(2)15-7-8-15)21(27)19(17)18(10-16)29(5,6)28/h9-10,12-13,15H,7-8H2,1-6H3,(H,23,24,26). The van der Waals surface area contributed by atoms with Gasteiger partial charge in [-0.15, -0.1) is 0 Å². The number of nitrogens with zero attached hydrogens (tertiary/aromatic N) is 2. The van der Waals surface area contributed by atoms with Gasteiger partial charge in [-0.3, -0.25) is 9.59 Å². The molecule has 2 atom stereocenters. The predicted octanol–water partition coefficient (Wildman–Crippen LogP) is 4.64. The van der Waals surface area contributed by atoms with E-state index in [0.29, 0.717) is 21.9 Å². The highest BCUT2D eigenvalue weighted by molar-refractivity contribution is 7.70. The molecule has 1 N–H and O–H groups in total. The minimum absolute atomic E-state index is 0.00216. The number of carbonyl (C=O) groups excluding carboxylic acids is 2. The van der Waals surface area contributed by atoms with E-state index in [-0.39, 0.29) is 23.9 Å². The lowest BCUT2D eigenvalue weighted by Gasteiger charge is -2.29. The molecule has 2 unspecified atom stereocenters. The van der Waals surface area contributed by atoms with Crippen molar-refractivity contribution >= 4 is 40.7 Å². The first-order chi connectivity index (χ1) is 14.0. The maximum atomic E-state index is 13.4. The van der Waals surface area contributed by atoms with E-state index in [0.717, 1.165) is 34.5 Å². The third kappa shape index (κ3) is 3.63.